The molecule has 1 aromatic heterocycles. The molecule has 0 aliphatic carbocycles. The zero-order valence-corrected chi connectivity index (χ0v) is 13.3. The highest BCUT2D eigenvalue weighted by atomic mass is 79.9. The summed E-state index contributed by atoms with van der Waals surface area (Å²) >= 11 is 3.07. The Morgan fingerprint density at radius 1 is 1.45 bits per heavy atom. The van der Waals surface area contributed by atoms with Gasteiger partial charge in [-0.05, 0) is 35.0 Å². The highest BCUT2D eigenvalue weighted by Crippen LogP contribution is 2.23. The first kappa shape index (κ1) is 14.8. The smallest absolute Gasteiger partial charge is 0.281 e. The zero-order valence-electron chi connectivity index (χ0n) is 10.9. The molecule has 7 nitrogen and oxygen atoms in total. The van der Waals surface area contributed by atoms with Crippen molar-refractivity contribution in [2.45, 2.75) is 11.9 Å². The number of hydrogen-bond acceptors (Lipinski definition) is 5. The van der Waals surface area contributed by atoms with E-state index in [-0.39, 0.29) is 9.63 Å². The van der Waals surface area contributed by atoms with Crippen molar-refractivity contribution in [3.05, 3.63) is 28.9 Å². The summed E-state index contributed by atoms with van der Waals surface area (Å²) < 4.78 is 33.7. The molecule has 0 saturated carbocycles. The van der Waals surface area contributed by atoms with Crippen molar-refractivity contribution in [1.82, 2.24) is 15.0 Å². The standard InChI is InChI=1S/C11H13BrN4O3S/c1-3-19-9-6-4-5-8(7-9)14-20(17,18)11-10(12)13-15-16(11)2/h4-7,14H,3H2,1-2H3. The lowest BCUT2D eigenvalue weighted by atomic mass is 10.3. The van der Waals surface area contributed by atoms with E-state index in [1.807, 2.05) is 6.92 Å². The van der Waals surface area contributed by atoms with Gasteiger partial charge in [0.25, 0.3) is 10.0 Å². The molecule has 2 aromatic rings. The summed E-state index contributed by atoms with van der Waals surface area (Å²) in [6.45, 7) is 2.36. The maximum absolute atomic E-state index is 12.3. The molecule has 0 fully saturated rings. The topological polar surface area (TPSA) is 86.1 Å². The van der Waals surface area contributed by atoms with E-state index in [0.717, 1.165) is 0 Å². The molecule has 108 valence electrons. The number of hydrogen-bond donors (Lipinski definition) is 1. The molecule has 1 aromatic carbocycles. The SMILES string of the molecule is CCOc1cccc(NS(=O)(=O)c2c(Br)nnn2C)c1. The Labute approximate surface area is 125 Å². The van der Waals surface area contributed by atoms with E-state index in [1.54, 1.807) is 24.3 Å². The number of aryl methyl sites for hydroxylation is 1. The van der Waals surface area contributed by atoms with Crippen LogP contribution in [0.2, 0.25) is 0 Å². The molecule has 2 rings (SSSR count). The van der Waals surface area contributed by atoms with Crippen LogP contribution < -0.4 is 9.46 Å². The molecule has 9 heteroatoms. The lowest BCUT2D eigenvalue weighted by Gasteiger charge is -2.09. The van der Waals surface area contributed by atoms with Gasteiger partial charge in [0.15, 0.2) is 4.60 Å². The van der Waals surface area contributed by atoms with Gasteiger partial charge in [-0.2, -0.15) is 8.42 Å². The average molecular weight is 361 g/mol. The number of nitrogens with zero attached hydrogens (tertiary/aromatic N) is 3. The number of benzene rings is 1. The van der Waals surface area contributed by atoms with Crippen molar-refractivity contribution in [2.75, 3.05) is 11.3 Å². The number of halogens is 1. The van der Waals surface area contributed by atoms with Gasteiger partial charge >= 0.3 is 0 Å². The summed E-state index contributed by atoms with van der Waals surface area (Å²) in [5.74, 6) is 0.592. The Bertz CT molecular complexity index is 695. The predicted molar refractivity (Wildman–Crippen MR) is 77.1 cm³/mol. The van der Waals surface area contributed by atoms with Gasteiger partial charge in [0.2, 0.25) is 5.03 Å². The number of nitrogens with one attached hydrogen (secondary N) is 1. The van der Waals surface area contributed by atoms with Crippen molar-refractivity contribution < 1.29 is 13.2 Å². The van der Waals surface area contributed by atoms with Crippen LogP contribution in [0, 0.1) is 0 Å². The van der Waals surface area contributed by atoms with Gasteiger partial charge in [-0.15, -0.1) is 5.10 Å². The lowest BCUT2D eigenvalue weighted by molar-refractivity contribution is 0.340. The molecule has 0 amide bonds. The fourth-order valence-corrected chi connectivity index (χ4v) is 3.78. The van der Waals surface area contributed by atoms with E-state index < -0.39 is 10.0 Å². The summed E-state index contributed by atoms with van der Waals surface area (Å²) in [4.78, 5) is 0. The van der Waals surface area contributed by atoms with Crippen LogP contribution in [0.4, 0.5) is 5.69 Å². The van der Waals surface area contributed by atoms with E-state index in [9.17, 15) is 8.42 Å². The summed E-state index contributed by atoms with van der Waals surface area (Å²) in [6, 6.07) is 6.71. The van der Waals surface area contributed by atoms with Crippen molar-refractivity contribution in [2.24, 2.45) is 7.05 Å². The number of sulfonamides is 1. The number of anilines is 1. The van der Waals surface area contributed by atoms with Crippen LogP contribution in [0.3, 0.4) is 0 Å². The highest BCUT2D eigenvalue weighted by molar-refractivity contribution is 9.10. The van der Waals surface area contributed by atoms with E-state index in [4.69, 9.17) is 4.74 Å². The first-order chi connectivity index (χ1) is 9.44. The third kappa shape index (κ3) is 3.10. The van der Waals surface area contributed by atoms with Crippen molar-refractivity contribution in [3.8, 4) is 5.75 Å². The second-order valence-corrected chi connectivity index (χ2v) is 6.22. The molecule has 1 N–H and O–H groups in total. The largest absolute Gasteiger partial charge is 0.494 e. The fraction of sp³-hybridized carbons (Fsp3) is 0.273. The van der Waals surface area contributed by atoms with E-state index in [2.05, 4.69) is 31.0 Å². The molecular weight excluding hydrogens is 348 g/mol. The van der Waals surface area contributed by atoms with Crippen LogP contribution >= 0.6 is 15.9 Å². The number of aromatic nitrogens is 3. The maximum atomic E-state index is 12.3. The Morgan fingerprint density at radius 2 is 2.20 bits per heavy atom. The van der Waals surface area contributed by atoms with Gasteiger partial charge in [-0.3, -0.25) is 4.72 Å². The fourth-order valence-electron chi connectivity index (χ4n) is 1.63. The first-order valence-electron chi connectivity index (χ1n) is 5.75. The van der Waals surface area contributed by atoms with Crippen LogP contribution in [-0.2, 0) is 17.1 Å². The Hall–Kier alpha value is -1.61. The number of ether oxygens (including phenoxy) is 1. The monoisotopic (exact) mass is 360 g/mol. The molecule has 20 heavy (non-hydrogen) atoms. The highest BCUT2D eigenvalue weighted by Gasteiger charge is 2.24. The quantitative estimate of drug-likeness (QED) is 0.877. The Morgan fingerprint density at radius 3 is 2.80 bits per heavy atom. The lowest BCUT2D eigenvalue weighted by Crippen LogP contribution is -2.17. The van der Waals surface area contributed by atoms with Crippen molar-refractivity contribution >= 4 is 31.6 Å². The van der Waals surface area contributed by atoms with Gasteiger partial charge in [0.05, 0.1) is 12.3 Å². The molecule has 0 aliphatic rings. The van der Waals surface area contributed by atoms with Crippen LogP contribution in [0.25, 0.3) is 0 Å². The third-order valence-electron chi connectivity index (χ3n) is 2.39. The van der Waals surface area contributed by atoms with Crippen LogP contribution in [0.5, 0.6) is 5.75 Å². The molecule has 0 unspecified atom stereocenters. The van der Waals surface area contributed by atoms with E-state index in [1.165, 1.54) is 11.7 Å². The van der Waals surface area contributed by atoms with Gasteiger partial charge in [0.1, 0.15) is 5.75 Å². The second-order valence-electron chi connectivity index (χ2n) is 3.88. The minimum Gasteiger partial charge on any atom is -0.494 e. The second kappa shape index (κ2) is 5.80. The van der Waals surface area contributed by atoms with Gasteiger partial charge in [0, 0.05) is 13.1 Å². The molecule has 0 aliphatic heterocycles. The zero-order chi connectivity index (χ0) is 14.8. The third-order valence-corrected chi connectivity index (χ3v) is 4.66. The minimum atomic E-state index is -3.78. The van der Waals surface area contributed by atoms with Crippen LogP contribution in [0.15, 0.2) is 33.9 Å². The van der Waals surface area contributed by atoms with E-state index in [0.29, 0.717) is 18.0 Å². The summed E-state index contributed by atoms with van der Waals surface area (Å²) in [5.41, 5.74) is 0.407. The molecular formula is C11H13BrN4O3S. The molecule has 0 bridgehead atoms. The van der Waals surface area contributed by atoms with Crippen molar-refractivity contribution in [1.29, 1.82) is 0 Å². The first-order valence-corrected chi connectivity index (χ1v) is 8.02. The molecule has 0 spiro atoms. The minimum absolute atomic E-state index is 0.0423. The Kier molecular flexibility index (Phi) is 4.29. The molecule has 1 heterocycles. The molecule has 0 radical (unpaired) electrons. The van der Waals surface area contributed by atoms with Gasteiger partial charge in [-0.25, -0.2) is 4.68 Å². The van der Waals surface area contributed by atoms with Crippen LogP contribution in [0.1, 0.15) is 6.92 Å². The summed E-state index contributed by atoms with van der Waals surface area (Å²) in [7, 11) is -2.27. The van der Waals surface area contributed by atoms with E-state index >= 15 is 0 Å². The average Bonchev–Trinajstić information content (AvgIpc) is 2.70. The van der Waals surface area contributed by atoms with Crippen molar-refractivity contribution in [3.63, 3.8) is 0 Å². The summed E-state index contributed by atoms with van der Waals surface area (Å²) in [6.07, 6.45) is 0. The van der Waals surface area contributed by atoms with Gasteiger partial charge < -0.3 is 4.74 Å². The normalized spacial score (nSPS) is 11.3. The summed E-state index contributed by atoms with van der Waals surface area (Å²) in [5, 5.41) is 7.26. The molecule has 0 atom stereocenters. The molecule has 0 saturated heterocycles. The maximum Gasteiger partial charge on any atom is 0.281 e. The van der Waals surface area contributed by atoms with Crippen LogP contribution in [-0.4, -0.2) is 30.0 Å². The number of rotatable bonds is 5. The Balaban J connectivity index is 2.31. The predicted octanol–water partition coefficient (Wildman–Crippen LogP) is 1.78. The van der Waals surface area contributed by atoms with Gasteiger partial charge in [-0.1, -0.05) is 11.3 Å².